The number of Topliss-reactive ketones (excluding diaryl/α,β-unsaturated/α-hetero) is 1. The van der Waals surface area contributed by atoms with Crippen LogP contribution in [0.5, 0.6) is 0 Å². The summed E-state index contributed by atoms with van der Waals surface area (Å²) in [5, 5.41) is 3.35. The summed E-state index contributed by atoms with van der Waals surface area (Å²) in [4.78, 5) is 12.0. The number of hydrogen-bond donors (Lipinski definition) is 1. The number of benzene rings is 1. The number of carbonyl (C=O) groups excluding carboxylic acids is 1. The summed E-state index contributed by atoms with van der Waals surface area (Å²) in [5.74, 6) is 0.332. The average molecular weight is 249 g/mol. The van der Waals surface area contributed by atoms with E-state index in [9.17, 15) is 9.18 Å². The van der Waals surface area contributed by atoms with Gasteiger partial charge in [-0.25, -0.2) is 4.39 Å². The molecule has 0 aromatic heterocycles. The fourth-order valence-electron chi connectivity index (χ4n) is 2.55. The number of piperidine rings is 1. The smallest absolute Gasteiger partial charge is 0.162 e. The van der Waals surface area contributed by atoms with E-state index in [0.717, 1.165) is 25.1 Å². The lowest BCUT2D eigenvalue weighted by atomic mass is 9.92. The highest BCUT2D eigenvalue weighted by Gasteiger charge is 2.15. The van der Waals surface area contributed by atoms with Crippen LogP contribution in [0.25, 0.3) is 0 Å². The van der Waals surface area contributed by atoms with Crippen molar-refractivity contribution in [3.8, 4) is 0 Å². The summed E-state index contributed by atoms with van der Waals surface area (Å²) in [5.41, 5.74) is 1.31. The van der Waals surface area contributed by atoms with Crippen molar-refractivity contribution >= 4 is 5.78 Å². The van der Waals surface area contributed by atoms with Crippen LogP contribution in [0.15, 0.2) is 18.2 Å². The second-order valence-corrected chi connectivity index (χ2v) is 5.19. The van der Waals surface area contributed by atoms with Gasteiger partial charge >= 0.3 is 0 Å². The fraction of sp³-hybridized carbons (Fsp3) is 0.533. The minimum Gasteiger partial charge on any atom is -0.316 e. The van der Waals surface area contributed by atoms with Crippen LogP contribution in [0.3, 0.4) is 0 Å². The second-order valence-electron chi connectivity index (χ2n) is 5.19. The Labute approximate surface area is 108 Å². The lowest BCUT2D eigenvalue weighted by molar-refractivity contribution is 0.0971. The first-order valence-electron chi connectivity index (χ1n) is 6.66. The lowest BCUT2D eigenvalue weighted by Gasteiger charge is -2.22. The molecule has 1 fully saturated rings. The molecule has 1 N–H and O–H groups in total. The van der Waals surface area contributed by atoms with Crippen LogP contribution in [0.4, 0.5) is 4.39 Å². The number of aryl methyl sites for hydroxylation is 1. The Kier molecular flexibility index (Phi) is 4.48. The van der Waals surface area contributed by atoms with Crippen molar-refractivity contribution in [3.63, 3.8) is 0 Å². The molecule has 2 rings (SSSR count). The molecule has 0 spiro atoms. The van der Waals surface area contributed by atoms with Crippen LogP contribution in [0.2, 0.25) is 0 Å². The Bertz CT molecular complexity index is 404. The van der Waals surface area contributed by atoms with E-state index in [2.05, 4.69) is 5.32 Å². The predicted molar refractivity (Wildman–Crippen MR) is 70.3 cm³/mol. The van der Waals surface area contributed by atoms with Crippen LogP contribution < -0.4 is 5.32 Å². The molecule has 98 valence electrons. The molecule has 0 bridgehead atoms. The quantitative estimate of drug-likeness (QED) is 0.831. The number of hydrogen-bond acceptors (Lipinski definition) is 2. The Morgan fingerprint density at radius 2 is 2.28 bits per heavy atom. The molecular formula is C15H20FNO. The molecule has 0 aliphatic carbocycles. The van der Waals surface area contributed by atoms with E-state index >= 15 is 0 Å². The molecular weight excluding hydrogens is 229 g/mol. The summed E-state index contributed by atoms with van der Waals surface area (Å²) in [6.07, 6.45) is 3.82. The van der Waals surface area contributed by atoms with Gasteiger partial charge in [-0.05, 0) is 69.0 Å². The molecule has 0 amide bonds. The van der Waals surface area contributed by atoms with E-state index in [1.165, 1.54) is 25.0 Å². The minimum atomic E-state index is -0.322. The van der Waals surface area contributed by atoms with Gasteiger partial charge in [0.2, 0.25) is 0 Å². The highest BCUT2D eigenvalue weighted by atomic mass is 19.1. The SMILES string of the molecule is Cc1cc(F)cc(C(=O)CCC2CCCNC2)c1. The third kappa shape index (κ3) is 3.64. The Balaban J connectivity index is 1.90. The van der Waals surface area contributed by atoms with Gasteiger partial charge in [-0.2, -0.15) is 0 Å². The first-order valence-corrected chi connectivity index (χ1v) is 6.66. The van der Waals surface area contributed by atoms with Gasteiger partial charge in [0.1, 0.15) is 5.82 Å². The van der Waals surface area contributed by atoms with E-state index in [1.54, 1.807) is 6.07 Å². The van der Waals surface area contributed by atoms with Gasteiger partial charge in [-0.3, -0.25) is 4.79 Å². The van der Waals surface area contributed by atoms with Gasteiger partial charge in [-0.15, -0.1) is 0 Å². The molecule has 1 aliphatic heterocycles. The maximum Gasteiger partial charge on any atom is 0.162 e. The van der Waals surface area contributed by atoms with Crippen LogP contribution >= 0.6 is 0 Å². The van der Waals surface area contributed by atoms with Gasteiger partial charge in [0.15, 0.2) is 5.78 Å². The summed E-state index contributed by atoms with van der Waals surface area (Å²) >= 11 is 0. The molecule has 1 atom stereocenters. The molecule has 1 aliphatic rings. The van der Waals surface area contributed by atoms with Crippen molar-refractivity contribution in [2.24, 2.45) is 5.92 Å². The largest absolute Gasteiger partial charge is 0.316 e. The number of rotatable bonds is 4. The molecule has 2 nitrogen and oxygen atoms in total. The van der Waals surface area contributed by atoms with Crippen molar-refractivity contribution in [3.05, 3.63) is 35.1 Å². The van der Waals surface area contributed by atoms with E-state index < -0.39 is 0 Å². The molecule has 0 saturated carbocycles. The molecule has 1 heterocycles. The first kappa shape index (κ1) is 13.2. The zero-order chi connectivity index (χ0) is 13.0. The number of nitrogens with one attached hydrogen (secondary N) is 1. The van der Waals surface area contributed by atoms with Gasteiger partial charge in [-0.1, -0.05) is 0 Å². The molecule has 3 heteroatoms. The van der Waals surface area contributed by atoms with E-state index in [4.69, 9.17) is 0 Å². The summed E-state index contributed by atoms with van der Waals surface area (Å²) < 4.78 is 13.2. The molecule has 1 unspecified atom stereocenters. The van der Waals surface area contributed by atoms with Crippen molar-refractivity contribution < 1.29 is 9.18 Å². The predicted octanol–water partition coefficient (Wildman–Crippen LogP) is 3.10. The molecule has 0 radical (unpaired) electrons. The average Bonchev–Trinajstić information content (AvgIpc) is 2.36. The summed E-state index contributed by atoms with van der Waals surface area (Å²) in [6, 6.07) is 4.56. The van der Waals surface area contributed by atoms with E-state index in [1.807, 2.05) is 6.92 Å². The van der Waals surface area contributed by atoms with Crippen molar-refractivity contribution in [1.82, 2.24) is 5.32 Å². The topological polar surface area (TPSA) is 29.1 Å². The monoisotopic (exact) mass is 249 g/mol. The third-order valence-electron chi connectivity index (χ3n) is 3.54. The summed E-state index contributed by atoms with van der Waals surface area (Å²) in [6.45, 7) is 3.91. The molecule has 18 heavy (non-hydrogen) atoms. The molecule has 1 aromatic carbocycles. The first-order chi connectivity index (χ1) is 8.65. The zero-order valence-corrected chi connectivity index (χ0v) is 10.8. The normalized spacial score (nSPS) is 19.8. The van der Waals surface area contributed by atoms with Crippen LogP contribution in [-0.4, -0.2) is 18.9 Å². The minimum absolute atomic E-state index is 0.0585. The highest BCUT2D eigenvalue weighted by molar-refractivity contribution is 5.96. The molecule has 1 saturated heterocycles. The van der Waals surface area contributed by atoms with Crippen LogP contribution in [0.1, 0.15) is 41.6 Å². The number of carbonyl (C=O) groups is 1. The highest BCUT2D eigenvalue weighted by Crippen LogP contribution is 2.18. The van der Waals surface area contributed by atoms with Crippen molar-refractivity contribution in [2.45, 2.75) is 32.6 Å². The maximum absolute atomic E-state index is 13.2. The Morgan fingerprint density at radius 1 is 1.44 bits per heavy atom. The van der Waals surface area contributed by atoms with E-state index in [0.29, 0.717) is 17.9 Å². The van der Waals surface area contributed by atoms with Crippen molar-refractivity contribution in [1.29, 1.82) is 0 Å². The van der Waals surface area contributed by atoms with Gasteiger partial charge < -0.3 is 5.32 Å². The lowest BCUT2D eigenvalue weighted by Crippen LogP contribution is -2.30. The molecule has 1 aromatic rings. The number of halogens is 1. The summed E-state index contributed by atoms with van der Waals surface area (Å²) in [7, 11) is 0. The fourth-order valence-corrected chi connectivity index (χ4v) is 2.55. The van der Waals surface area contributed by atoms with Gasteiger partial charge in [0, 0.05) is 12.0 Å². The van der Waals surface area contributed by atoms with Gasteiger partial charge in [0.25, 0.3) is 0 Å². The van der Waals surface area contributed by atoms with Crippen LogP contribution in [-0.2, 0) is 0 Å². The third-order valence-corrected chi connectivity index (χ3v) is 3.54. The zero-order valence-electron chi connectivity index (χ0n) is 10.8. The standard InChI is InChI=1S/C15H20FNO/c1-11-7-13(9-14(16)8-11)15(18)5-4-12-3-2-6-17-10-12/h7-9,12,17H,2-6,10H2,1H3. The van der Waals surface area contributed by atoms with Gasteiger partial charge in [0.05, 0.1) is 0 Å². The number of ketones is 1. The Morgan fingerprint density at radius 3 is 2.94 bits per heavy atom. The van der Waals surface area contributed by atoms with Crippen LogP contribution in [0, 0.1) is 18.7 Å². The Hall–Kier alpha value is -1.22. The van der Waals surface area contributed by atoms with Crippen molar-refractivity contribution in [2.75, 3.05) is 13.1 Å². The maximum atomic E-state index is 13.2. The second kappa shape index (κ2) is 6.10. The van der Waals surface area contributed by atoms with E-state index in [-0.39, 0.29) is 11.6 Å².